The Morgan fingerprint density at radius 2 is 2.15 bits per heavy atom. The van der Waals surface area contributed by atoms with E-state index in [2.05, 4.69) is 15.3 Å². The molecule has 0 aliphatic carbocycles. The molecule has 20 heavy (non-hydrogen) atoms. The molecule has 2 aromatic rings. The first-order valence-electron chi connectivity index (χ1n) is 5.66. The summed E-state index contributed by atoms with van der Waals surface area (Å²) in [5.74, 6) is 0. The summed E-state index contributed by atoms with van der Waals surface area (Å²) in [7, 11) is 0. The Bertz CT molecular complexity index is 660. The summed E-state index contributed by atoms with van der Waals surface area (Å²) in [6.45, 7) is 0.209. The SMILES string of the molecule is O=C([O-])NCCNc1c([N+](=O)[O-])cnc2cccnc12. The molecule has 2 heterocycles. The van der Waals surface area contributed by atoms with Crippen LogP contribution >= 0.6 is 0 Å². The van der Waals surface area contributed by atoms with Crippen molar-refractivity contribution >= 4 is 28.5 Å². The first-order valence-corrected chi connectivity index (χ1v) is 5.66. The van der Waals surface area contributed by atoms with Gasteiger partial charge in [0.15, 0.2) is 0 Å². The van der Waals surface area contributed by atoms with Crippen molar-refractivity contribution in [1.82, 2.24) is 15.3 Å². The fourth-order valence-electron chi connectivity index (χ4n) is 1.67. The van der Waals surface area contributed by atoms with Crippen LogP contribution in [-0.4, -0.2) is 34.1 Å². The average Bonchev–Trinajstić information content (AvgIpc) is 2.42. The second kappa shape index (κ2) is 5.78. The van der Waals surface area contributed by atoms with Gasteiger partial charge in [0, 0.05) is 19.3 Å². The van der Waals surface area contributed by atoms with Gasteiger partial charge in [-0.1, -0.05) is 0 Å². The van der Waals surface area contributed by atoms with Gasteiger partial charge in [-0.2, -0.15) is 0 Å². The van der Waals surface area contributed by atoms with E-state index in [0.717, 1.165) is 6.20 Å². The van der Waals surface area contributed by atoms with Gasteiger partial charge in [0.1, 0.15) is 23.5 Å². The third-order valence-electron chi connectivity index (χ3n) is 2.50. The third-order valence-corrected chi connectivity index (χ3v) is 2.50. The number of rotatable bonds is 5. The highest BCUT2D eigenvalue weighted by molar-refractivity contribution is 5.92. The van der Waals surface area contributed by atoms with Gasteiger partial charge < -0.3 is 20.5 Å². The lowest BCUT2D eigenvalue weighted by Crippen LogP contribution is -2.39. The Labute approximate surface area is 112 Å². The zero-order valence-corrected chi connectivity index (χ0v) is 10.2. The van der Waals surface area contributed by atoms with Gasteiger partial charge in [-0.15, -0.1) is 0 Å². The van der Waals surface area contributed by atoms with E-state index >= 15 is 0 Å². The maximum atomic E-state index is 11.0. The predicted octanol–water partition coefficient (Wildman–Crippen LogP) is -0.117. The second-order valence-corrected chi connectivity index (χ2v) is 3.79. The van der Waals surface area contributed by atoms with Crippen LogP contribution in [0.15, 0.2) is 24.5 Å². The Kier molecular flexibility index (Phi) is 3.89. The highest BCUT2D eigenvalue weighted by atomic mass is 16.6. The number of hydrogen-bond acceptors (Lipinski definition) is 7. The molecule has 0 unspecified atom stereocenters. The van der Waals surface area contributed by atoms with Crippen molar-refractivity contribution in [2.75, 3.05) is 18.4 Å². The van der Waals surface area contributed by atoms with E-state index in [9.17, 15) is 20.0 Å². The predicted molar refractivity (Wildman–Crippen MR) is 68.1 cm³/mol. The number of amides is 1. The molecule has 2 rings (SSSR count). The molecule has 0 aromatic carbocycles. The van der Waals surface area contributed by atoms with Gasteiger partial charge in [0.05, 0.1) is 10.4 Å². The Hall–Kier alpha value is -2.97. The molecule has 0 atom stereocenters. The van der Waals surface area contributed by atoms with Crippen LogP contribution in [0.3, 0.4) is 0 Å². The van der Waals surface area contributed by atoms with Gasteiger partial charge in [0.2, 0.25) is 0 Å². The fraction of sp³-hybridized carbons (Fsp3) is 0.182. The molecule has 0 aliphatic rings. The highest BCUT2D eigenvalue weighted by Gasteiger charge is 2.18. The maximum absolute atomic E-state index is 11.0. The molecular formula is C11H10N5O4-. The molecule has 0 aliphatic heterocycles. The summed E-state index contributed by atoms with van der Waals surface area (Å²) in [5.41, 5.74) is 0.856. The summed E-state index contributed by atoms with van der Waals surface area (Å²) >= 11 is 0. The van der Waals surface area contributed by atoms with Crippen LogP contribution in [-0.2, 0) is 0 Å². The van der Waals surface area contributed by atoms with Crippen LogP contribution in [0.5, 0.6) is 0 Å². The van der Waals surface area contributed by atoms with Crippen LogP contribution in [0.2, 0.25) is 0 Å². The maximum Gasteiger partial charge on any atom is 0.312 e. The number of aromatic nitrogens is 2. The van der Waals surface area contributed by atoms with E-state index in [1.165, 1.54) is 6.20 Å². The monoisotopic (exact) mass is 276 g/mol. The molecule has 0 fully saturated rings. The molecule has 0 radical (unpaired) electrons. The molecule has 9 heteroatoms. The molecule has 2 aromatic heterocycles. The van der Waals surface area contributed by atoms with Gasteiger partial charge in [-0.25, -0.2) is 4.98 Å². The zero-order valence-electron chi connectivity index (χ0n) is 10.2. The van der Waals surface area contributed by atoms with Crippen LogP contribution in [0, 0.1) is 10.1 Å². The molecule has 9 nitrogen and oxygen atoms in total. The standard InChI is InChI=1S/C11H11N5O4/c17-11(18)14-5-4-13-10-8(16(19)20)6-15-7-2-1-3-12-9(7)10/h1-3,6,14H,4-5H2,(H,13,15)(H,17,18)/p-1. The zero-order chi connectivity index (χ0) is 14.5. The highest BCUT2D eigenvalue weighted by Crippen LogP contribution is 2.29. The number of nitrogens with one attached hydrogen (secondary N) is 2. The first kappa shape index (κ1) is 13.5. The van der Waals surface area contributed by atoms with Crippen LogP contribution in [0.4, 0.5) is 16.2 Å². The molecule has 0 saturated heterocycles. The molecular weight excluding hydrogens is 266 g/mol. The second-order valence-electron chi connectivity index (χ2n) is 3.79. The topological polar surface area (TPSA) is 133 Å². The largest absolute Gasteiger partial charge is 0.530 e. The van der Waals surface area contributed by atoms with Crippen molar-refractivity contribution in [2.24, 2.45) is 0 Å². The molecule has 1 amide bonds. The number of anilines is 1. The Morgan fingerprint density at radius 1 is 1.35 bits per heavy atom. The van der Waals surface area contributed by atoms with Crippen molar-refractivity contribution in [3.63, 3.8) is 0 Å². The van der Waals surface area contributed by atoms with Crippen molar-refractivity contribution in [1.29, 1.82) is 0 Å². The average molecular weight is 276 g/mol. The normalized spacial score (nSPS) is 10.2. The number of fused-ring (bicyclic) bond motifs is 1. The van der Waals surface area contributed by atoms with Crippen molar-refractivity contribution < 1.29 is 14.8 Å². The van der Waals surface area contributed by atoms with E-state index in [1.54, 1.807) is 12.1 Å². The van der Waals surface area contributed by atoms with Gasteiger partial charge in [0.25, 0.3) is 0 Å². The van der Waals surface area contributed by atoms with E-state index in [-0.39, 0.29) is 24.5 Å². The minimum atomic E-state index is -1.40. The van der Waals surface area contributed by atoms with Crippen LogP contribution in [0.25, 0.3) is 11.0 Å². The fourth-order valence-corrected chi connectivity index (χ4v) is 1.67. The summed E-state index contributed by atoms with van der Waals surface area (Å²) < 4.78 is 0. The van der Waals surface area contributed by atoms with E-state index in [1.807, 2.05) is 5.32 Å². The van der Waals surface area contributed by atoms with E-state index in [4.69, 9.17) is 0 Å². The van der Waals surface area contributed by atoms with E-state index in [0.29, 0.717) is 11.0 Å². The number of carboxylic acid groups (broad SMARTS) is 1. The molecule has 0 spiro atoms. The number of carbonyl (C=O) groups is 1. The minimum absolute atomic E-state index is 0.0517. The molecule has 0 saturated carbocycles. The lowest BCUT2D eigenvalue weighted by molar-refractivity contribution is -0.384. The number of nitrogens with zero attached hydrogens (tertiary/aromatic N) is 3. The van der Waals surface area contributed by atoms with Crippen LogP contribution < -0.4 is 15.7 Å². The smallest absolute Gasteiger partial charge is 0.312 e. The molecule has 0 bridgehead atoms. The molecule has 104 valence electrons. The minimum Gasteiger partial charge on any atom is -0.530 e. The summed E-state index contributed by atoms with van der Waals surface area (Å²) in [5, 5.41) is 26.0. The number of carbonyl (C=O) groups excluding carboxylic acids is 1. The van der Waals surface area contributed by atoms with Crippen molar-refractivity contribution in [3.8, 4) is 0 Å². The van der Waals surface area contributed by atoms with E-state index < -0.39 is 11.0 Å². The van der Waals surface area contributed by atoms with Gasteiger partial charge >= 0.3 is 5.69 Å². The number of pyridine rings is 2. The van der Waals surface area contributed by atoms with Gasteiger partial charge in [-0.05, 0) is 12.1 Å². The summed E-state index contributed by atoms with van der Waals surface area (Å²) in [6.07, 6.45) is 1.23. The lowest BCUT2D eigenvalue weighted by Gasteiger charge is -2.10. The van der Waals surface area contributed by atoms with Crippen LogP contribution in [0.1, 0.15) is 0 Å². The quantitative estimate of drug-likeness (QED) is 0.442. The number of nitro groups is 1. The first-order chi connectivity index (χ1) is 9.59. The molecule has 2 N–H and O–H groups in total. The van der Waals surface area contributed by atoms with Crippen molar-refractivity contribution in [3.05, 3.63) is 34.6 Å². The number of hydrogen-bond donors (Lipinski definition) is 2. The third kappa shape index (κ3) is 2.88. The Balaban J connectivity index is 2.30. The van der Waals surface area contributed by atoms with Crippen molar-refractivity contribution in [2.45, 2.75) is 0 Å². The summed E-state index contributed by atoms with van der Waals surface area (Å²) in [4.78, 5) is 28.6. The lowest BCUT2D eigenvalue weighted by atomic mass is 10.2. The Morgan fingerprint density at radius 3 is 2.85 bits per heavy atom. The summed E-state index contributed by atoms with van der Waals surface area (Å²) in [6, 6.07) is 3.35. The van der Waals surface area contributed by atoms with Gasteiger partial charge in [-0.3, -0.25) is 15.1 Å².